The Morgan fingerprint density at radius 1 is 1.15 bits per heavy atom. The van der Waals surface area contributed by atoms with Gasteiger partial charge in [-0.2, -0.15) is 5.48 Å². The molecule has 1 aromatic carbocycles. The van der Waals surface area contributed by atoms with Crippen molar-refractivity contribution in [2.75, 3.05) is 13.1 Å². The van der Waals surface area contributed by atoms with Gasteiger partial charge in [0.2, 0.25) is 0 Å². The summed E-state index contributed by atoms with van der Waals surface area (Å²) in [5.74, 6) is 1.31. The number of hydrogen-bond donors (Lipinski definition) is 2. The number of ether oxygens (including phenoxy) is 3. The number of carbonyl (C=O) groups excluding carboxylic acids is 2. The number of likely N-dealkylation sites (tertiary alicyclic amines) is 1. The summed E-state index contributed by atoms with van der Waals surface area (Å²) in [4.78, 5) is 36.4. The fourth-order valence-corrected chi connectivity index (χ4v) is 5.47. The van der Waals surface area contributed by atoms with E-state index in [1.807, 2.05) is 50.8 Å². The molecule has 1 saturated heterocycles. The monoisotopic (exact) mass is 544 g/mol. The minimum absolute atomic E-state index is 0.126. The lowest BCUT2D eigenvalue weighted by Gasteiger charge is -2.43. The topological polar surface area (TPSA) is 125 Å². The van der Waals surface area contributed by atoms with Crippen LogP contribution in [0, 0.1) is 5.41 Å². The highest BCUT2D eigenvalue weighted by Gasteiger charge is 2.50. The van der Waals surface area contributed by atoms with E-state index in [9.17, 15) is 9.59 Å². The number of nitrogens with zero attached hydrogens (tertiary/aromatic N) is 2. The van der Waals surface area contributed by atoms with Crippen LogP contribution in [0.5, 0.6) is 5.75 Å². The first-order chi connectivity index (χ1) is 18.1. The summed E-state index contributed by atoms with van der Waals surface area (Å²) < 4.78 is 16.9. The number of nitrogens with two attached hydrogens (primary N) is 1. The minimum atomic E-state index is -0.629. The normalized spacial score (nSPS) is 25.8. The molecule has 2 amide bonds. The van der Waals surface area contributed by atoms with E-state index in [0.29, 0.717) is 5.84 Å². The van der Waals surface area contributed by atoms with Crippen LogP contribution in [0.15, 0.2) is 23.2 Å². The lowest BCUT2D eigenvalue weighted by atomic mass is 9.65. The van der Waals surface area contributed by atoms with Crippen molar-refractivity contribution < 1.29 is 28.6 Å². The van der Waals surface area contributed by atoms with Crippen molar-refractivity contribution in [2.24, 2.45) is 16.1 Å². The average Bonchev–Trinajstić information content (AvgIpc) is 3.25. The second-order valence-corrected chi connectivity index (χ2v) is 13.2. The quantitative estimate of drug-likeness (QED) is 0.312. The molecule has 1 spiro atoms. The van der Waals surface area contributed by atoms with Gasteiger partial charge in [0.1, 0.15) is 35.0 Å². The van der Waals surface area contributed by atoms with E-state index in [1.165, 1.54) is 0 Å². The molecule has 1 aliphatic carbocycles. The molecule has 10 heteroatoms. The molecular weight excluding hydrogens is 500 g/mol. The zero-order chi connectivity index (χ0) is 28.6. The third-order valence-electron chi connectivity index (χ3n) is 7.33. The average molecular weight is 545 g/mol. The van der Waals surface area contributed by atoms with Gasteiger partial charge in [0, 0.05) is 18.7 Å². The molecule has 2 atom stereocenters. The van der Waals surface area contributed by atoms with Crippen LogP contribution < -0.4 is 16.0 Å². The molecule has 3 N–H and O–H groups in total. The molecule has 10 nitrogen and oxygen atoms in total. The molecule has 2 fully saturated rings. The number of rotatable bonds is 5. The van der Waals surface area contributed by atoms with Gasteiger partial charge < -0.3 is 24.8 Å². The summed E-state index contributed by atoms with van der Waals surface area (Å²) in [6.45, 7) is 14.4. The first-order valence-corrected chi connectivity index (χ1v) is 13.9. The number of aryl methyl sites for hydroxylation is 1. The fourth-order valence-electron chi connectivity index (χ4n) is 5.47. The SMILES string of the molecule is CC(ONC(=O)OC(C)(C)C)C1CCc2cc(C(N)=NC3CC4(CCN(C(=O)OC(C)(C)C)C4)C3)ccc2O1. The molecule has 2 unspecified atom stereocenters. The lowest BCUT2D eigenvalue weighted by molar-refractivity contribution is -0.0775. The van der Waals surface area contributed by atoms with Crippen molar-refractivity contribution in [2.45, 2.75) is 110 Å². The number of hydrogen-bond acceptors (Lipinski definition) is 7. The highest BCUT2D eigenvalue weighted by Crippen LogP contribution is 2.50. The summed E-state index contributed by atoms with van der Waals surface area (Å²) >= 11 is 0. The van der Waals surface area contributed by atoms with Gasteiger partial charge in [-0.25, -0.2) is 9.59 Å². The molecule has 216 valence electrons. The van der Waals surface area contributed by atoms with Crippen LogP contribution in [0.3, 0.4) is 0 Å². The van der Waals surface area contributed by atoms with E-state index in [-0.39, 0.29) is 29.8 Å². The van der Waals surface area contributed by atoms with Gasteiger partial charge in [0.25, 0.3) is 0 Å². The molecule has 0 radical (unpaired) electrons. The highest BCUT2D eigenvalue weighted by atomic mass is 16.7. The Bertz CT molecular complexity index is 1100. The molecule has 0 bridgehead atoms. The van der Waals surface area contributed by atoms with Gasteiger partial charge in [-0.15, -0.1) is 0 Å². The summed E-state index contributed by atoms with van der Waals surface area (Å²) in [5, 5.41) is 0. The van der Waals surface area contributed by atoms with Crippen LogP contribution in [-0.4, -0.2) is 65.5 Å². The van der Waals surface area contributed by atoms with Crippen molar-refractivity contribution in [3.05, 3.63) is 29.3 Å². The number of benzene rings is 1. The predicted molar refractivity (Wildman–Crippen MR) is 148 cm³/mol. The van der Waals surface area contributed by atoms with Gasteiger partial charge in [0.15, 0.2) is 0 Å². The first-order valence-electron chi connectivity index (χ1n) is 13.9. The Labute approximate surface area is 231 Å². The Balaban J connectivity index is 1.27. The van der Waals surface area contributed by atoms with E-state index in [1.54, 1.807) is 20.8 Å². The second-order valence-electron chi connectivity index (χ2n) is 13.2. The van der Waals surface area contributed by atoms with E-state index in [2.05, 4.69) is 5.48 Å². The molecule has 3 aliphatic rings. The van der Waals surface area contributed by atoms with Crippen molar-refractivity contribution in [3.8, 4) is 5.75 Å². The molecule has 2 aliphatic heterocycles. The van der Waals surface area contributed by atoms with E-state index in [0.717, 1.165) is 62.1 Å². The smallest absolute Gasteiger partial charge is 0.431 e. The number of nitrogens with one attached hydrogen (secondary N) is 1. The zero-order valence-electron chi connectivity index (χ0n) is 24.3. The van der Waals surface area contributed by atoms with Crippen molar-refractivity contribution in [3.63, 3.8) is 0 Å². The molecular formula is C29H44N4O6. The maximum Gasteiger partial charge on any atom is 0.431 e. The van der Waals surface area contributed by atoms with Crippen molar-refractivity contribution in [1.82, 2.24) is 10.4 Å². The minimum Gasteiger partial charge on any atom is -0.487 e. The third-order valence-corrected chi connectivity index (χ3v) is 7.33. The van der Waals surface area contributed by atoms with Gasteiger partial charge in [-0.3, -0.25) is 9.83 Å². The van der Waals surface area contributed by atoms with Crippen LogP contribution in [-0.2, 0) is 20.7 Å². The van der Waals surface area contributed by atoms with Crippen LogP contribution in [0.1, 0.15) is 85.3 Å². The van der Waals surface area contributed by atoms with Crippen molar-refractivity contribution >= 4 is 18.0 Å². The first kappa shape index (κ1) is 29.0. The summed E-state index contributed by atoms with van der Waals surface area (Å²) in [5.41, 5.74) is 9.76. The summed E-state index contributed by atoms with van der Waals surface area (Å²) in [6.07, 6.45) is 2.95. The Morgan fingerprint density at radius 3 is 2.51 bits per heavy atom. The van der Waals surface area contributed by atoms with Gasteiger partial charge in [0.05, 0.1) is 6.04 Å². The highest BCUT2D eigenvalue weighted by molar-refractivity contribution is 5.98. The molecule has 2 heterocycles. The van der Waals surface area contributed by atoms with Gasteiger partial charge >= 0.3 is 12.2 Å². The van der Waals surface area contributed by atoms with Crippen LogP contribution >= 0.6 is 0 Å². The van der Waals surface area contributed by atoms with Crippen LogP contribution in [0.2, 0.25) is 0 Å². The Morgan fingerprint density at radius 2 is 1.85 bits per heavy atom. The van der Waals surface area contributed by atoms with Gasteiger partial charge in [-0.05, 0) is 110 Å². The fraction of sp³-hybridized carbons (Fsp3) is 0.690. The zero-order valence-corrected chi connectivity index (χ0v) is 24.3. The number of hydroxylamine groups is 1. The summed E-state index contributed by atoms with van der Waals surface area (Å²) in [7, 11) is 0. The largest absolute Gasteiger partial charge is 0.487 e. The third kappa shape index (κ3) is 7.56. The number of fused-ring (bicyclic) bond motifs is 1. The summed E-state index contributed by atoms with van der Waals surface area (Å²) in [6, 6.07) is 6.06. The maximum atomic E-state index is 12.4. The predicted octanol–water partition coefficient (Wildman–Crippen LogP) is 4.72. The van der Waals surface area contributed by atoms with E-state index < -0.39 is 17.3 Å². The van der Waals surface area contributed by atoms with E-state index in [4.69, 9.17) is 29.8 Å². The number of aliphatic imine (C=N–C) groups is 1. The van der Waals surface area contributed by atoms with Gasteiger partial charge in [-0.1, -0.05) is 0 Å². The van der Waals surface area contributed by atoms with E-state index >= 15 is 0 Å². The molecule has 4 rings (SSSR count). The Kier molecular flexibility index (Phi) is 8.08. The van der Waals surface area contributed by atoms with Crippen LogP contribution in [0.4, 0.5) is 9.59 Å². The van der Waals surface area contributed by atoms with Crippen molar-refractivity contribution in [1.29, 1.82) is 0 Å². The number of amides is 2. The molecule has 0 aromatic heterocycles. The number of amidine groups is 1. The molecule has 1 saturated carbocycles. The Hall–Kier alpha value is -3.01. The standard InChI is InChI=1S/C29H44N4O6/c1-18(39-32-25(34)37-27(2,3)4)22-10-8-19-14-20(9-11-23(19)36-22)24(30)31-21-15-29(16-21)12-13-33(17-29)26(35)38-28(5,6)7/h9,11,14,18,21-22H,8,10,12-13,15-17H2,1-7H3,(H2,30,31)(H,32,34). The molecule has 39 heavy (non-hydrogen) atoms. The number of carbonyl (C=O) groups is 2. The second kappa shape index (κ2) is 10.9. The van der Waals surface area contributed by atoms with Crippen LogP contribution in [0.25, 0.3) is 0 Å². The molecule has 1 aromatic rings. The lowest BCUT2D eigenvalue weighted by Crippen LogP contribution is -2.44. The maximum absolute atomic E-state index is 12.4.